The molecule has 4 heterocycles. The van der Waals surface area contributed by atoms with Crippen LogP contribution in [0.5, 0.6) is 0 Å². The van der Waals surface area contributed by atoms with E-state index >= 15 is 0 Å². The molecule has 0 aliphatic carbocycles. The van der Waals surface area contributed by atoms with Gasteiger partial charge in [-0.1, -0.05) is 24.3 Å². The van der Waals surface area contributed by atoms with Gasteiger partial charge in [-0.15, -0.1) is 0 Å². The largest absolute Gasteiger partial charge is 0.454 e. The zero-order chi connectivity index (χ0) is 15.2. The molecule has 108 valence electrons. The third kappa shape index (κ3) is 1.75. The van der Waals surface area contributed by atoms with E-state index < -0.39 is 0 Å². The van der Waals surface area contributed by atoms with Crippen molar-refractivity contribution in [1.29, 1.82) is 0 Å². The first-order valence-corrected chi connectivity index (χ1v) is 7.37. The molecule has 4 nitrogen and oxygen atoms in total. The average molecular weight is 297 g/mol. The minimum atomic E-state index is 0.772. The Morgan fingerprint density at radius 1 is 0.783 bits per heavy atom. The normalized spacial score (nSPS) is 11.5. The summed E-state index contributed by atoms with van der Waals surface area (Å²) in [5, 5.41) is 3.10. The highest BCUT2D eigenvalue weighted by Crippen LogP contribution is 2.35. The van der Waals surface area contributed by atoms with Crippen molar-refractivity contribution in [1.82, 2.24) is 15.0 Å². The quantitative estimate of drug-likeness (QED) is 0.454. The van der Waals surface area contributed by atoms with Crippen LogP contribution in [-0.2, 0) is 0 Å². The number of pyridine rings is 3. The molecule has 4 heteroatoms. The lowest BCUT2D eigenvalue weighted by molar-refractivity contribution is 0.668. The van der Waals surface area contributed by atoms with Crippen LogP contribution in [0, 0.1) is 0 Å². The Kier molecular flexibility index (Phi) is 2.46. The smallest absolute Gasteiger partial charge is 0.161 e. The first-order valence-electron chi connectivity index (χ1n) is 7.37. The molecule has 0 saturated heterocycles. The van der Waals surface area contributed by atoms with Crippen LogP contribution in [0.25, 0.3) is 44.1 Å². The van der Waals surface area contributed by atoms with Crippen LogP contribution < -0.4 is 0 Å². The molecular formula is C19H11N3O. The molecule has 5 rings (SSSR count). The molecule has 0 fully saturated rings. The number of para-hydroxylation sites is 1. The second-order valence-electron chi connectivity index (χ2n) is 5.39. The maximum atomic E-state index is 6.06. The number of rotatable bonds is 1. The number of nitrogens with zero attached hydrogens (tertiary/aromatic N) is 3. The molecular weight excluding hydrogens is 286 g/mol. The van der Waals surface area contributed by atoms with Crippen LogP contribution in [0.1, 0.15) is 0 Å². The molecule has 0 radical (unpaired) electrons. The van der Waals surface area contributed by atoms with Crippen molar-refractivity contribution in [2.45, 2.75) is 0 Å². The van der Waals surface area contributed by atoms with Gasteiger partial charge in [-0.25, -0.2) is 0 Å². The molecule has 0 unspecified atom stereocenters. The van der Waals surface area contributed by atoms with Gasteiger partial charge >= 0.3 is 0 Å². The lowest BCUT2D eigenvalue weighted by atomic mass is 10.0. The van der Waals surface area contributed by atoms with Crippen molar-refractivity contribution in [3.05, 3.63) is 67.3 Å². The Balaban J connectivity index is 1.93. The molecule has 23 heavy (non-hydrogen) atoms. The molecule has 0 amide bonds. The molecule has 0 bridgehead atoms. The lowest BCUT2D eigenvalue weighted by Gasteiger charge is -2.05. The van der Waals surface area contributed by atoms with Crippen molar-refractivity contribution >= 4 is 32.8 Å². The van der Waals surface area contributed by atoms with E-state index in [4.69, 9.17) is 4.42 Å². The third-order valence-electron chi connectivity index (χ3n) is 4.08. The summed E-state index contributed by atoms with van der Waals surface area (Å²) in [4.78, 5) is 13.3. The third-order valence-corrected chi connectivity index (χ3v) is 4.08. The first-order chi connectivity index (χ1) is 11.4. The van der Waals surface area contributed by atoms with Gasteiger partial charge in [0.15, 0.2) is 5.58 Å². The van der Waals surface area contributed by atoms with E-state index in [1.165, 1.54) is 0 Å². The van der Waals surface area contributed by atoms with E-state index in [1.54, 1.807) is 18.6 Å². The molecule has 0 saturated carbocycles. The minimum Gasteiger partial charge on any atom is -0.454 e. The molecule has 5 aromatic rings. The predicted octanol–water partition coefficient (Wildman–Crippen LogP) is 4.59. The van der Waals surface area contributed by atoms with Gasteiger partial charge in [0.1, 0.15) is 11.3 Å². The van der Waals surface area contributed by atoms with E-state index in [-0.39, 0.29) is 0 Å². The second kappa shape index (κ2) is 4.61. The molecule has 4 aromatic heterocycles. The average Bonchev–Trinajstić information content (AvgIpc) is 3.00. The predicted molar refractivity (Wildman–Crippen MR) is 90.0 cm³/mol. The monoisotopic (exact) mass is 297 g/mol. The summed E-state index contributed by atoms with van der Waals surface area (Å²) in [6.45, 7) is 0. The van der Waals surface area contributed by atoms with Gasteiger partial charge in [-0.05, 0) is 18.2 Å². The van der Waals surface area contributed by atoms with Crippen LogP contribution in [0.15, 0.2) is 71.7 Å². The van der Waals surface area contributed by atoms with Crippen LogP contribution in [0.3, 0.4) is 0 Å². The maximum absolute atomic E-state index is 6.06. The van der Waals surface area contributed by atoms with Gasteiger partial charge in [-0.3, -0.25) is 15.0 Å². The zero-order valence-corrected chi connectivity index (χ0v) is 12.1. The summed E-state index contributed by atoms with van der Waals surface area (Å²) in [6.07, 6.45) is 7.17. The van der Waals surface area contributed by atoms with Crippen molar-refractivity contribution < 1.29 is 4.42 Å². The Morgan fingerprint density at radius 2 is 1.74 bits per heavy atom. The van der Waals surface area contributed by atoms with Crippen LogP contribution in [0.4, 0.5) is 0 Å². The standard InChI is InChI=1S/C19H11N3O/c1-3-12-4-2-8-21-17(12)14(5-1)18-19-13(6-10-22-18)15-11-20-9-7-16(15)23-19/h1-11H. The molecule has 0 aliphatic rings. The minimum absolute atomic E-state index is 0.772. The van der Waals surface area contributed by atoms with Gasteiger partial charge < -0.3 is 4.42 Å². The van der Waals surface area contributed by atoms with E-state index in [0.29, 0.717) is 0 Å². The topological polar surface area (TPSA) is 51.8 Å². The zero-order valence-electron chi connectivity index (χ0n) is 12.1. The highest BCUT2D eigenvalue weighted by molar-refractivity contribution is 6.10. The lowest BCUT2D eigenvalue weighted by Crippen LogP contribution is -1.87. The van der Waals surface area contributed by atoms with E-state index in [0.717, 1.165) is 44.1 Å². The van der Waals surface area contributed by atoms with Crippen LogP contribution >= 0.6 is 0 Å². The fraction of sp³-hybridized carbons (Fsp3) is 0. The maximum Gasteiger partial charge on any atom is 0.161 e. The molecule has 0 spiro atoms. The summed E-state index contributed by atoms with van der Waals surface area (Å²) >= 11 is 0. The Hall–Kier alpha value is -3.27. The van der Waals surface area contributed by atoms with Crippen molar-refractivity contribution in [2.24, 2.45) is 0 Å². The summed E-state index contributed by atoms with van der Waals surface area (Å²) < 4.78 is 6.06. The Morgan fingerprint density at radius 3 is 2.74 bits per heavy atom. The molecule has 1 aromatic carbocycles. The van der Waals surface area contributed by atoms with Gasteiger partial charge in [0, 0.05) is 46.5 Å². The second-order valence-corrected chi connectivity index (χ2v) is 5.39. The van der Waals surface area contributed by atoms with Crippen LogP contribution in [-0.4, -0.2) is 15.0 Å². The highest BCUT2D eigenvalue weighted by atomic mass is 16.3. The van der Waals surface area contributed by atoms with Gasteiger partial charge in [0.25, 0.3) is 0 Å². The Bertz CT molecular complexity index is 1170. The molecule has 0 aliphatic heterocycles. The van der Waals surface area contributed by atoms with Crippen LogP contribution in [0.2, 0.25) is 0 Å². The Labute approximate surface area is 131 Å². The number of benzene rings is 1. The van der Waals surface area contributed by atoms with Gasteiger partial charge in [0.2, 0.25) is 0 Å². The molecule has 0 N–H and O–H groups in total. The van der Waals surface area contributed by atoms with E-state index in [1.807, 2.05) is 36.5 Å². The number of furan rings is 1. The van der Waals surface area contributed by atoms with Gasteiger partial charge in [0.05, 0.1) is 5.52 Å². The summed E-state index contributed by atoms with van der Waals surface area (Å²) in [5.41, 5.74) is 4.29. The van der Waals surface area contributed by atoms with Crippen molar-refractivity contribution in [3.63, 3.8) is 0 Å². The SMILES string of the molecule is c1cnc2c(-c3nccc4c3oc3ccncc34)cccc2c1. The van der Waals surface area contributed by atoms with E-state index in [9.17, 15) is 0 Å². The first kappa shape index (κ1) is 12.3. The summed E-state index contributed by atoms with van der Waals surface area (Å²) in [5.74, 6) is 0. The fourth-order valence-electron chi connectivity index (χ4n) is 3.03. The number of fused-ring (bicyclic) bond motifs is 4. The number of hydrogen-bond acceptors (Lipinski definition) is 4. The van der Waals surface area contributed by atoms with Gasteiger partial charge in [-0.2, -0.15) is 0 Å². The number of aromatic nitrogens is 3. The van der Waals surface area contributed by atoms with E-state index in [2.05, 4.69) is 27.1 Å². The summed E-state index contributed by atoms with van der Waals surface area (Å²) in [7, 11) is 0. The number of hydrogen-bond donors (Lipinski definition) is 0. The fourth-order valence-corrected chi connectivity index (χ4v) is 3.03. The highest BCUT2D eigenvalue weighted by Gasteiger charge is 2.15. The molecule has 0 atom stereocenters. The summed E-state index contributed by atoms with van der Waals surface area (Å²) in [6, 6.07) is 13.9. The van der Waals surface area contributed by atoms with Crippen molar-refractivity contribution in [3.8, 4) is 11.3 Å². The van der Waals surface area contributed by atoms with Crippen molar-refractivity contribution in [2.75, 3.05) is 0 Å².